The number of nitrogens with one attached hydrogen (secondary N) is 2. The maximum absolute atomic E-state index is 15.9. The molecule has 0 fully saturated rings. The number of hydrogen-bond acceptors (Lipinski definition) is 6. The molecule has 34 heavy (non-hydrogen) atoms. The highest BCUT2D eigenvalue weighted by Gasteiger charge is 2.20. The summed E-state index contributed by atoms with van der Waals surface area (Å²) < 4.78 is 15.9. The van der Waals surface area contributed by atoms with Gasteiger partial charge in [0.25, 0.3) is 0 Å². The molecule has 0 aliphatic carbocycles. The molecule has 0 aliphatic heterocycles. The molecule has 0 unspecified atom stereocenters. The molecule has 0 bridgehead atoms. The van der Waals surface area contributed by atoms with Crippen LogP contribution in [0.1, 0.15) is 5.56 Å². The fourth-order valence-electron chi connectivity index (χ4n) is 4.21. The molecule has 6 aromatic rings. The first-order valence-electron chi connectivity index (χ1n) is 10.7. The van der Waals surface area contributed by atoms with Crippen molar-refractivity contribution >= 4 is 33.3 Å². The Balaban J connectivity index is 1.50. The minimum atomic E-state index is -0.360. The summed E-state index contributed by atoms with van der Waals surface area (Å²) in [5, 5.41) is 11.8. The fraction of sp³-hybridized carbons (Fsp3) is 0.120. The van der Waals surface area contributed by atoms with Gasteiger partial charge >= 0.3 is 0 Å². The van der Waals surface area contributed by atoms with Gasteiger partial charge in [-0.15, -0.1) is 0 Å². The number of aromatic nitrogens is 6. The van der Waals surface area contributed by atoms with Gasteiger partial charge in [-0.2, -0.15) is 16.4 Å². The van der Waals surface area contributed by atoms with Crippen LogP contribution in [0.4, 0.5) is 4.39 Å². The summed E-state index contributed by atoms with van der Waals surface area (Å²) in [6.07, 6.45) is 5.23. The molecule has 0 radical (unpaired) electrons. The van der Waals surface area contributed by atoms with E-state index in [1.165, 1.54) is 0 Å². The van der Waals surface area contributed by atoms with Crippen LogP contribution < -0.4 is 0 Å². The first-order chi connectivity index (χ1) is 16.6. The molecular formula is C25H20FN7S. The molecule has 1 aromatic carbocycles. The van der Waals surface area contributed by atoms with Gasteiger partial charge in [0.2, 0.25) is 0 Å². The minimum Gasteiger partial charge on any atom is -0.336 e. The summed E-state index contributed by atoms with van der Waals surface area (Å²) >= 11 is 1.60. The van der Waals surface area contributed by atoms with E-state index in [9.17, 15) is 0 Å². The van der Waals surface area contributed by atoms with Gasteiger partial charge in [0, 0.05) is 47.2 Å². The second-order valence-corrected chi connectivity index (χ2v) is 9.17. The predicted octanol–water partition coefficient (Wildman–Crippen LogP) is 5.49. The van der Waals surface area contributed by atoms with Crippen molar-refractivity contribution in [1.82, 2.24) is 35.0 Å². The average Bonchev–Trinajstić information content (AvgIpc) is 3.57. The Morgan fingerprint density at radius 2 is 1.94 bits per heavy atom. The lowest BCUT2D eigenvalue weighted by Crippen LogP contribution is -2.10. The number of thiophene rings is 1. The predicted molar refractivity (Wildman–Crippen MR) is 133 cm³/mol. The van der Waals surface area contributed by atoms with Crippen molar-refractivity contribution in [2.45, 2.75) is 6.54 Å². The van der Waals surface area contributed by atoms with Crippen LogP contribution in [0.3, 0.4) is 0 Å². The molecule has 6 rings (SSSR count). The maximum Gasteiger partial charge on any atom is 0.159 e. The van der Waals surface area contributed by atoms with Crippen LogP contribution in [0, 0.1) is 5.82 Å². The van der Waals surface area contributed by atoms with Gasteiger partial charge in [-0.05, 0) is 55.4 Å². The van der Waals surface area contributed by atoms with E-state index in [2.05, 4.69) is 30.0 Å². The van der Waals surface area contributed by atoms with Crippen LogP contribution in [-0.4, -0.2) is 49.1 Å². The Morgan fingerprint density at radius 1 is 1.03 bits per heavy atom. The largest absolute Gasteiger partial charge is 0.336 e. The summed E-state index contributed by atoms with van der Waals surface area (Å²) in [5.41, 5.74) is 6.57. The van der Waals surface area contributed by atoms with Crippen LogP contribution >= 0.6 is 11.3 Å². The number of H-pyrrole nitrogens is 2. The van der Waals surface area contributed by atoms with Gasteiger partial charge in [0.1, 0.15) is 17.0 Å². The Hall–Kier alpha value is -3.95. The highest BCUT2D eigenvalue weighted by molar-refractivity contribution is 7.08. The van der Waals surface area contributed by atoms with Crippen LogP contribution in [0.5, 0.6) is 0 Å². The second kappa shape index (κ2) is 8.12. The number of hydrogen-bond donors (Lipinski definition) is 2. The van der Waals surface area contributed by atoms with E-state index in [4.69, 9.17) is 4.98 Å². The lowest BCUT2D eigenvalue weighted by molar-refractivity contribution is 0.402. The molecule has 7 nitrogen and oxygen atoms in total. The van der Waals surface area contributed by atoms with Crippen molar-refractivity contribution in [1.29, 1.82) is 0 Å². The van der Waals surface area contributed by atoms with E-state index in [0.29, 0.717) is 28.0 Å². The number of imidazole rings is 1. The quantitative estimate of drug-likeness (QED) is 0.349. The average molecular weight is 470 g/mol. The van der Waals surface area contributed by atoms with E-state index < -0.39 is 0 Å². The van der Waals surface area contributed by atoms with E-state index in [-0.39, 0.29) is 5.82 Å². The fourth-order valence-corrected chi connectivity index (χ4v) is 4.85. The summed E-state index contributed by atoms with van der Waals surface area (Å²) in [6.45, 7) is 0.723. The zero-order valence-electron chi connectivity index (χ0n) is 18.5. The van der Waals surface area contributed by atoms with Crippen LogP contribution in [0.15, 0.2) is 59.7 Å². The third-order valence-electron chi connectivity index (χ3n) is 5.69. The van der Waals surface area contributed by atoms with Crippen molar-refractivity contribution in [2.24, 2.45) is 0 Å². The number of rotatable bonds is 5. The lowest BCUT2D eigenvalue weighted by atomic mass is 10.0. The highest BCUT2D eigenvalue weighted by atomic mass is 32.1. The van der Waals surface area contributed by atoms with E-state index in [1.807, 2.05) is 49.1 Å². The number of benzene rings is 1. The van der Waals surface area contributed by atoms with Gasteiger partial charge < -0.3 is 9.88 Å². The summed E-state index contributed by atoms with van der Waals surface area (Å²) in [7, 11) is 3.98. The Labute approximate surface area is 198 Å². The third kappa shape index (κ3) is 3.46. The summed E-state index contributed by atoms with van der Waals surface area (Å²) in [5.74, 6) is 0.128. The maximum atomic E-state index is 15.9. The molecule has 5 heterocycles. The molecule has 0 saturated carbocycles. The second-order valence-electron chi connectivity index (χ2n) is 8.39. The van der Waals surface area contributed by atoms with Gasteiger partial charge in [-0.3, -0.25) is 15.1 Å². The van der Waals surface area contributed by atoms with Crippen molar-refractivity contribution in [3.05, 3.63) is 71.1 Å². The summed E-state index contributed by atoms with van der Waals surface area (Å²) in [4.78, 5) is 19.0. The van der Waals surface area contributed by atoms with E-state index in [1.54, 1.807) is 36.0 Å². The van der Waals surface area contributed by atoms with Crippen LogP contribution in [0.25, 0.3) is 55.8 Å². The first-order valence-corrected chi connectivity index (χ1v) is 11.7. The zero-order chi connectivity index (χ0) is 23.2. The molecule has 2 N–H and O–H groups in total. The highest BCUT2D eigenvalue weighted by Crippen LogP contribution is 2.35. The standard InChI is InChI=1S/C25H20FN7S/c1-33(2)12-14-9-16(11-27-10-14)17-3-4-18-20(21(17)26)24(32-31-18)25-29-19-5-7-28-22(23(19)30-25)15-6-8-34-13-15/h3-11,13H,12H2,1-2H3,(H,29,30)(H,31,32). The Kier molecular flexibility index (Phi) is 4.93. The normalized spacial score (nSPS) is 11.8. The third-order valence-corrected chi connectivity index (χ3v) is 6.37. The van der Waals surface area contributed by atoms with E-state index >= 15 is 4.39 Å². The molecule has 0 spiro atoms. The van der Waals surface area contributed by atoms with Crippen molar-refractivity contribution in [3.8, 4) is 33.9 Å². The smallest absolute Gasteiger partial charge is 0.159 e. The van der Waals surface area contributed by atoms with Crippen molar-refractivity contribution in [3.63, 3.8) is 0 Å². The SMILES string of the molecule is CN(C)Cc1cncc(-c2ccc3[nH]nc(-c4nc5c(-c6ccsc6)nccc5[nH]4)c3c2F)c1. The molecule has 0 aliphatic rings. The van der Waals surface area contributed by atoms with E-state index in [0.717, 1.165) is 40.0 Å². The topological polar surface area (TPSA) is 86.4 Å². The number of nitrogens with zero attached hydrogens (tertiary/aromatic N) is 5. The molecule has 0 saturated heterocycles. The van der Waals surface area contributed by atoms with Gasteiger partial charge in [0.05, 0.1) is 22.1 Å². The van der Waals surface area contributed by atoms with Gasteiger partial charge in [-0.1, -0.05) is 0 Å². The minimum absolute atomic E-state index is 0.360. The van der Waals surface area contributed by atoms with Crippen LogP contribution in [-0.2, 0) is 6.54 Å². The number of aromatic amines is 2. The first kappa shape index (κ1) is 20.6. The molecule has 0 amide bonds. The molecule has 9 heteroatoms. The Morgan fingerprint density at radius 3 is 2.76 bits per heavy atom. The van der Waals surface area contributed by atoms with Gasteiger partial charge in [0.15, 0.2) is 5.82 Å². The number of fused-ring (bicyclic) bond motifs is 2. The lowest BCUT2D eigenvalue weighted by Gasteiger charge is -2.11. The number of pyridine rings is 2. The molecule has 5 aromatic heterocycles. The Bertz CT molecular complexity index is 1630. The van der Waals surface area contributed by atoms with Crippen LogP contribution in [0.2, 0.25) is 0 Å². The van der Waals surface area contributed by atoms with Crippen molar-refractivity contribution in [2.75, 3.05) is 14.1 Å². The molecule has 168 valence electrons. The molecular weight excluding hydrogens is 449 g/mol. The monoisotopic (exact) mass is 469 g/mol. The zero-order valence-corrected chi connectivity index (χ0v) is 19.3. The summed E-state index contributed by atoms with van der Waals surface area (Å²) in [6, 6.07) is 9.43. The molecule has 0 atom stereocenters. The van der Waals surface area contributed by atoms with Crippen molar-refractivity contribution < 1.29 is 4.39 Å². The number of halogens is 1. The van der Waals surface area contributed by atoms with Gasteiger partial charge in [-0.25, -0.2) is 9.37 Å².